The van der Waals surface area contributed by atoms with Crippen molar-refractivity contribution in [2.75, 3.05) is 14.2 Å². The lowest BCUT2D eigenvalue weighted by atomic mass is 9.88. The monoisotopic (exact) mass is 507 g/mol. The molecule has 0 fully saturated rings. The zero-order chi connectivity index (χ0) is 26.6. The van der Waals surface area contributed by atoms with E-state index in [0.29, 0.717) is 17.9 Å². The maximum Gasteiger partial charge on any atom is 0.417 e. The Balaban J connectivity index is 2.44. The molecule has 2 rings (SSSR count). The summed E-state index contributed by atoms with van der Waals surface area (Å²) in [4.78, 5) is 25.0. The maximum absolute atomic E-state index is 12.8. The van der Waals surface area contributed by atoms with Crippen LogP contribution in [0.3, 0.4) is 0 Å². The van der Waals surface area contributed by atoms with E-state index in [4.69, 9.17) is 23.4 Å². The standard InChI is InChI=1S/C26H41NO7Si/c1-25(2,3)33-24(29)27-23(28)32-22-18(17-13-11-15-19(30-7)21(17)31-8)14-12-16-20(22)34-35(9,10)26(4,5)6/h11,13-15,20,22H,12,16H2,1-10H3,(H,27,28,29)/t20-,22+/m0/s1. The molecule has 1 aromatic rings. The summed E-state index contributed by atoms with van der Waals surface area (Å²) in [5, 5.41) is 2.13. The third-order valence-corrected chi connectivity index (χ3v) is 10.8. The van der Waals surface area contributed by atoms with Crippen LogP contribution in [0.4, 0.5) is 9.59 Å². The van der Waals surface area contributed by atoms with E-state index in [2.05, 4.69) is 39.2 Å². The van der Waals surface area contributed by atoms with Crippen LogP contribution in [0.1, 0.15) is 59.9 Å². The number of hydrogen-bond acceptors (Lipinski definition) is 7. The summed E-state index contributed by atoms with van der Waals surface area (Å²) in [6.07, 6.45) is 0.508. The predicted molar refractivity (Wildman–Crippen MR) is 138 cm³/mol. The first-order chi connectivity index (χ1) is 16.1. The van der Waals surface area contributed by atoms with E-state index >= 15 is 0 Å². The minimum absolute atomic E-state index is 0.0364. The van der Waals surface area contributed by atoms with Crippen molar-refractivity contribution in [2.45, 2.75) is 90.3 Å². The molecule has 1 aliphatic carbocycles. The number of alkyl carbamates (subject to hydrolysis) is 2. The van der Waals surface area contributed by atoms with Crippen LogP contribution in [0, 0.1) is 0 Å². The number of amides is 2. The number of benzene rings is 1. The van der Waals surface area contributed by atoms with Gasteiger partial charge in [-0.1, -0.05) is 39.0 Å². The van der Waals surface area contributed by atoms with Crippen molar-refractivity contribution in [3.8, 4) is 11.5 Å². The molecule has 0 saturated carbocycles. The Morgan fingerprint density at radius 3 is 2.20 bits per heavy atom. The van der Waals surface area contributed by atoms with Crippen LogP contribution in [0.15, 0.2) is 24.3 Å². The second-order valence-electron chi connectivity index (χ2n) is 11.1. The molecule has 196 valence electrons. The van der Waals surface area contributed by atoms with Crippen molar-refractivity contribution >= 4 is 26.1 Å². The Bertz CT molecular complexity index is 944. The molecule has 0 unspecified atom stereocenters. The molecule has 1 aliphatic rings. The molecule has 1 aromatic carbocycles. The number of imide groups is 1. The number of ether oxygens (including phenoxy) is 4. The van der Waals surface area contributed by atoms with Gasteiger partial charge in [-0.3, -0.25) is 0 Å². The van der Waals surface area contributed by atoms with Gasteiger partial charge < -0.3 is 23.4 Å². The van der Waals surface area contributed by atoms with Crippen LogP contribution in [0.25, 0.3) is 5.57 Å². The lowest BCUT2D eigenvalue weighted by Gasteiger charge is -2.42. The average Bonchev–Trinajstić information content (AvgIpc) is 2.71. The van der Waals surface area contributed by atoms with Crippen molar-refractivity contribution in [1.82, 2.24) is 5.32 Å². The molecule has 2 atom stereocenters. The van der Waals surface area contributed by atoms with Crippen LogP contribution >= 0.6 is 0 Å². The lowest BCUT2D eigenvalue weighted by Crippen LogP contribution is -2.50. The summed E-state index contributed by atoms with van der Waals surface area (Å²) in [6.45, 7) is 16.0. The molecule has 35 heavy (non-hydrogen) atoms. The fourth-order valence-corrected chi connectivity index (χ4v) is 4.95. The van der Waals surface area contributed by atoms with E-state index in [0.717, 1.165) is 17.6 Å². The van der Waals surface area contributed by atoms with Crippen LogP contribution in [0.5, 0.6) is 11.5 Å². The van der Waals surface area contributed by atoms with Crippen LogP contribution in [0.2, 0.25) is 18.1 Å². The highest BCUT2D eigenvalue weighted by Gasteiger charge is 2.43. The fourth-order valence-electron chi connectivity index (χ4n) is 3.60. The smallest absolute Gasteiger partial charge is 0.417 e. The van der Waals surface area contributed by atoms with Crippen LogP contribution < -0.4 is 14.8 Å². The second-order valence-corrected chi connectivity index (χ2v) is 15.9. The molecule has 0 radical (unpaired) electrons. The zero-order valence-electron chi connectivity index (χ0n) is 22.7. The van der Waals surface area contributed by atoms with Gasteiger partial charge in [-0.05, 0) is 57.8 Å². The summed E-state index contributed by atoms with van der Waals surface area (Å²) >= 11 is 0. The molecule has 1 N–H and O–H groups in total. The summed E-state index contributed by atoms with van der Waals surface area (Å²) in [6, 6.07) is 5.55. The average molecular weight is 508 g/mol. The van der Waals surface area contributed by atoms with E-state index in [-0.39, 0.29) is 5.04 Å². The minimum atomic E-state index is -2.21. The molecule has 0 aromatic heterocycles. The number of rotatable bonds is 6. The van der Waals surface area contributed by atoms with Crippen molar-refractivity contribution in [1.29, 1.82) is 0 Å². The summed E-state index contributed by atoms with van der Waals surface area (Å²) in [7, 11) is 0.935. The van der Waals surface area contributed by atoms with E-state index in [1.807, 2.05) is 18.2 Å². The number of nitrogens with one attached hydrogen (secondary N) is 1. The minimum Gasteiger partial charge on any atom is -0.493 e. The van der Waals surface area contributed by atoms with Crippen molar-refractivity contribution in [3.63, 3.8) is 0 Å². The highest BCUT2D eigenvalue weighted by Crippen LogP contribution is 2.43. The normalized spacial score (nSPS) is 18.9. The van der Waals surface area contributed by atoms with Gasteiger partial charge in [-0.15, -0.1) is 0 Å². The number of para-hydroxylation sites is 1. The zero-order valence-corrected chi connectivity index (χ0v) is 23.7. The number of allylic oxidation sites excluding steroid dienone is 1. The molecule has 0 spiro atoms. The molecular formula is C26H41NO7Si. The summed E-state index contributed by atoms with van der Waals surface area (Å²) in [5.41, 5.74) is 0.739. The molecule has 9 heteroatoms. The van der Waals surface area contributed by atoms with E-state index < -0.39 is 38.3 Å². The molecular weight excluding hydrogens is 466 g/mol. The Labute approximate surface area is 210 Å². The lowest BCUT2D eigenvalue weighted by molar-refractivity contribution is 0.0253. The quantitative estimate of drug-likeness (QED) is 0.452. The Hall–Kier alpha value is -2.52. The first-order valence-electron chi connectivity index (χ1n) is 11.9. The number of carbonyl (C=O) groups is 2. The number of hydrogen-bond donors (Lipinski definition) is 1. The maximum atomic E-state index is 12.8. The van der Waals surface area contributed by atoms with Gasteiger partial charge in [0.2, 0.25) is 0 Å². The van der Waals surface area contributed by atoms with Crippen molar-refractivity contribution < 1.29 is 33.0 Å². The molecule has 0 aliphatic heterocycles. The van der Waals surface area contributed by atoms with Gasteiger partial charge in [-0.2, -0.15) is 0 Å². The molecule has 8 nitrogen and oxygen atoms in total. The van der Waals surface area contributed by atoms with Gasteiger partial charge in [0.05, 0.1) is 20.3 Å². The molecule has 0 saturated heterocycles. The number of methoxy groups -OCH3 is 2. The fraction of sp³-hybridized carbons (Fsp3) is 0.615. The summed E-state index contributed by atoms with van der Waals surface area (Å²) < 4.78 is 28.9. The predicted octanol–water partition coefficient (Wildman–Crippen LogP) is 6.30. The SMILES string of the molecule is COc1cccc(C2=CCC[C@H](O[Si](C)(C)C(C)(C)C)[C@@H]2OC(=O)NC(=O)OC(C)(C)C)c1OC. The molecule has 0 heterocycles. The highest BCUT2D eigenvalue weighted by molar-refractivity contribution is 6.74. The van der Waals surface area contributed by atoms with Crippen LogP contribution in [-0.4, -0.2) is 52.5 Å². The van der Waals surface area contributed by atoms with E-state index in [1.54, 1.807) is 41.1 Å². The van der Waals surface area contributed by atoms with E-state index in [9.17, 15) is 9.59 Å². The molecule has 2 amide bonds. The van der Waals surface area contributed by atoms with Gasteiger partial charge in [0.15, 0.2) is 25.9 Å². The Morgan fingerprint density at radius 1 is 1.00 bits per heavy atom. The number of carbonyl (C=O) groups excluding carboxylic acids is 2. The van der Waals surface area contributed by atoms with Crippen LogP contribution in [-0.2, 0) is 13.9 Å². The third kappa shape index (κ3) is 7.48. The van der Waals surface area contributed by atoms with Gasteiger partial charge in [0.25, 0.3) is 0 Å². The molecule has 0 bridgehead atoms. The Morgan fingerprint density at radius 2 is 1.66 bits per heavy atom. The van der Waals surface area contributed by atoms with E-state index in [1.165, 1.54) is 0 Å². The third-order valence-electron chi connectivity index (χ3n) is 6.26. The van der Waals surface area contributed by atoms with Gasteiger partial charge >= 0.3 is 12.2 Å². The summed E-state index contributed by atoms with van der Waals surface area (Å²) in [5.74, 6) is 1.10. The Kier molecular flexibility index (Phi) is 9.05. The first kappa shape index (κ1) is 28.7. The first-order valence-corrected chi connectivity index (χ1v) is 14.8. The topological polar surface area (TPSA) is 92.3 Å². The largest absolute Gasteiger partial charge is 0.493 e. The second kappa shape index (κ2) is 11.0. The van der Waals surface area contributed by atoms with Gasteiger partial charge in [0.1, 0.15) is 5.60 Å². The van der Waals surface area contributed by atoms with Crippen molar-refractivity contribution in [2.24, 2.45) is 0 Å². The highest BCUT2D eigenvalue weighted by atomic mass is 28.4. The van der Waals surface area contributed by atoms with Gasteiger partial charge in [0, 0.05) is 11.1 Å². The van der Waals surface area contributed by atoms with Gasteiger partial charge in [-0.25, -0.2) is 14.9 Å². The van der Waals surface area contributed by atoms with Crippen molar-refractivity contribution in [3.05, 3.63) is 29.8 Å².